The Hall–Kier alpha value is -1.81. The summed E-state index contributed by atoms with van der Waals surface area (Å²) < 4.78 is 1.78. The van der Waals surface area contributed by atoms with E-state index in [1.165, 1.54) is 0 Å². The predicted molar refractivity (Wildman–Crippen MR) is 56.5 cm³/mol. The first-order valence-corrected chi connectivity index (χ1v) is 4.35. The summed E-state index contributed by atoms with van der Waals surface area (Å²) in [6.07, 6.45) is 3.80. The molecule has 0 aliphatic heterocycles. The third-order valence-corrected chi connectivity index (χ3v) is 2.07. The molecular weight excluding hydrogens is 176 g/mol. The maximum absolute atomic E-state index is 5.33. The summed E-state index contributed by atoms with van der Waals surface area (Å²) in [6.45, 7) is 0. The number of nitrogen functional groups attached to an aromatic ring is 1. The number of hydrazine groups is 1. The lowest BCUT2D eigenvalue weighted by molar-refractivity contribution is 0.768. The van der Waals surface area contributed by atoms with Crippen LogP contribution in [0.3, 0.4) is 0 Å². The van der Waals surface area contributed by atoms with Crippen molar-refractivity contribution in [3.8, 4) is 11.1 Å². The number of anilines is 1. The molecule has 0 aliphatic carbocycles. The van der Waals surface area contributed by atoms with Gasteiger partial charge in [-0.15, -0.1) is 0 Å². The molecule has 0 spiro atoms. The number of aromatic nitrogens is 2. The van der Waals surface area contributed by atoms with Gasteiger partial charge in [0.05, 0.1) is 6.20 Å². The van der Waals surface area contributed by atoms with Crippen molar-refractivity contribution in [2.75, 3.05) is 5.43 Å². The van der Waals surface area contributed by atoms with Crippen molar-refractivity contribution in [2.45, 2.75) is 0 Å². The Morgan fingerprint density at radius 2 is 2.21 bits per heavy atom. The molecule has 0 fully saturated rings. The van der Waals surface area contributed by atoms with Crippen LogP contribution in [-0.2, 0) is 7.05 Å². The van der Waals surface area contributed by atoms with Crippen molar-refractivity contribution in [1.29, 1.82) is 0 Å². The number of hydrogen-bond donors (Lipinski definition) is 2. The summed E-state index contributed by atoms with van der Waals surface area (Å²) in [7, 11) is 1.90. The van der Waals surface area contributed by atoms with Gasteiger partial charge in [0.2, 0.25) is 0 Å². The van der Waals surface area contributed by atoms with Gasteiger partial charge in [-0.2, -0.15) is 5.10 Å². The number of benzene rings is 1. The largest absolute Gasteiger partial charge is 0.324 e. The fourth-order valence-electron chi connectivity index (χ4n) is 1.36. The van der Waals surface area contributed by atoms with Crippen LogP contribution in [-0.4, -0.2) is 9.78 Å². The Bertz CT molecular complexity index is 433. The Morgan fingerprint density at radius 3 is 2.86 bits per heavy atom. The number of rotatable bonds is 2. The zero-order chi connectivity index (χ0) is 9.97. The summed E-state index contributed by atoms with van der Waals surface area (Å²) in [6, 6.07) is 7.88. The molecule has 2 aromatic rings. The van der Waals surface area contributed by atoms with Crippen molar-refractivity contribution in [2.24, 2.45) is 12.9 Å². The van der Waals surface area contributed by atoms with Crippen molar-refractivity contribution < 1.29 is 0 Å². The quantitative estimate of drug-likeness (QED) is 0.553. The average molecular weight is 188 g/mol. The zero-order valence-corrected chi connectivity index (χ0v) is 7.94. The summed E-state index contributed by atoms with van der Waals surface area (Å²) in [4.78, 5) is 0. The minimum absolute atomic E-state index is 0.895. The number of hydrogen-bond acceptors (Lipinski definition) is 3. The molecule has 1 heterocycles. The molecule has 1 aromatic carbocycles. The van der Waals surface area contributed by atoms with Gasteiger partial charge in [-0.25, -0.2) is 0 Å². The van der Waals surface area contributed by atoms with Crippen molar-refractivity contribution >= 4 is 5.69 Å². The van der Waals surface area contributed by atoms with Gasteiger partial charge in [0.25, 0.3) is 0 Å². The number of nitrogens with one attached hydrogen (secondary N) is 1. The van der Waals surface area contributed by atoms with Crippen LogP contribution in [0, 0.1) is 0 Å². The molecular formula is C10H12N4. The molecule has 0 saturated heterocycles. The zero-order valence-electron chi connectivity index (χ0n) is 7.94. The van der Waals surface area contributed by atoms with E-state index in [1.807, 2.05) is 43.7 Å². The van der Waals surface area contributed by atoms with Crippen LogP contribution in [0.5, 0.6) is 0 Å². The lowest BCUT2D eigenvalue weighted by atomic mass is 10.1. The summed E-state index contributed by atoms with van der Waals surface area (Å²) >= 11 is 0. The molecule has 4 nitrogen and oxygen atoms in total. The van der Waals surface area contributed by atoms with Gasteiger partial charge in [-0.3, -0.25) is 10.5 Å². The molecule has 0 atom stereocenters. The molecule has 0 unspecified atom stereocenters. The maximum atomic E-state index is 5.33. The van der Waals surface area contributed by atoms with Gasteiger partial charge in [-0.1, -0.05) is 12.1 Å². The summed E-state index contributed by atoms with van der Waals surface area (Å²) in [5, 5.41) is 4.11. The molecule has 0 bridgehead atoms. The molecule has 0 aliphatic rings. The van der Waals surface area contributed by atoms with Gasteiger partial charge in [0.15, 0.2) is 0 Å². The molecule has 72 valence electrons. The normalized spacial score (nSPS) is 10.1. The van der Waals surface area contributed by atoms with Crippen LogP contribution in [0.1, 0.15) is 0 Å². The number of nitrogens with zero attached hydrogens (tertiary/aromatic N) is 2. The van der Waals surface area contributed by atoms with Crippen LogP contribution in [0.15, 0.2) is 36.7 Å². The molecule has 4 heteroatoms. The maximum Gasteiger partial charge on any atom is 0.0568 e. The van der Waals surface area contributed by atoms with E-state index in [-0.39, 0.29) is 0 Å². The number of nitrogens with two attached hydrogens (primary N) is 1. The van der Waals surface area contributed by atoms with Crippen molar-refractivity contribution in [1.82, 2.24) is 9.78 Å². The highest BCUT2D eigenvalue weighted by Gasteiger charge is 2.00. The lowest BCUT2D eigenvalue weighted by Gasteiger charge is -2.01. The molecule has 0 saturated carbocycles. The molecule has 0 amide bonds. The average Bonchev–Trinajstić information content (AvgIpc) is 2.65. The van der Waals surface area contributed by atoms with E-state index < -0.39 is 0 Å². The minimum atomic E-state index is 0.895. The Labute approximate surface area is 82.3 Å². The highest BCUT2D eigenvalue weighted by atomic mass is 15.2. The van der Waals surface area contributed by atoms with Gasteiger partial charge in [0.1, 0.15) is 0 Å². The van der Waals surface area contributed by atoms with Crippen LogP contribution in [0.2, 0.25) is 0 Å². The van der Waals surface area contributed by atoms with Gasteiger partial charge < -0.3 is 5.43 Å². The first-order valence-electron chi connectivity index (χ1n) is 4.35. The van der Waals surface area contributed by atoms with E-state index in [9.17, 15) is 0 Å². The first kappa shape index (κ1) is 8.77. The smallest absolute Gasteiger partial charge is 0.0568 e. The van der Waals surface area contributed by atoms with Crippen molar-refractivity contribution in [3.63, 3.8) is 0 Å². The monoisotopic (exact) mass is 188 g/mol. The minimum Gasteiger partial charge on any atom is -0.324 e. The van der Waals surface area contributed by atoms with Crippen LogP contribution in [0.25, 0.3) is 11.1 Å². The van der Waals surface area contributed by atoms with E-state index in [1.54, 1.807) is 4.68 Å². The third kappa shape index (κ3) is 1.60. The van der Waals surface area contributed by atoms with Crippen LogP contribution in [0.4, 0.5) is 5.69 Å². The van der Waals surface area contributed by atoms with E-state index >= 15 is 0 Å². The second-order valence-electron chi connectivity index (χ2n) is 3.13. The summed E-state index contributed by atoms with van der Waals surface area (Å²) in [5.74, 6) is 5.33. The van der Waals surface area contributed by atoms with E-state index in [0.717, 1.165) is 16.8 Å². The Balaban J connectivity index is 2.41. The van der Waals surface area contributed by atoms with Crippen LogP contribution < -0.4 is 11.3 Å². The van der Waals surface area contributed by atoms with E-state index in [4.69, 9.17) is 5.84 Å². The Morgan fingerprint density at radius 1 is 1.36 bits per heavy atom. The highest BCUT2D eigenvalue weighted by Crippen LogP contribution is 2.21. The number of aryl methyl sites for hydroxylation is 1. The van der Waals surface area contributed by atoms with Crippen molar-refractivity contribution in [3.05, 3.63) is 36.7 Å². The fraction of sp³-hybridized carbons (Fsp3) is 0.100. The van der Waals surface area contributed by atoms with Gasteiger partial charge in [0, 0.05) is 24.5 Å². The second kappa shape index (κ2) is 3.51. The molecule has 14 heavy (non-hydrogen) atoms. The fourth-order valence-corrected chi connectivity index (χ4v) is 1.36. The predicted octanol–water partition coefficient (Wildman–Crippen LogP) is 1.37. The van der Waals surface area contributed by atoms with E-state index in [2.05, 4.69) is 10.5 Å². The second-order valence-corrected chi connectivity index (χ2v) is 3.13. The molecule has 0 radical (unpaired) electrons. The summed E-state index contributed by atoms with van der Waals surface area (Å²) in [5.41, 5.74) is 5.70. The van der Waals surface area contributed by atoms with Gasteiger partial charge >= 0.3 is 0 Å². The first-order chi connectivity index (χ1) is 6.79. The molecule has 3 N–H and O–H groups in total. The SMILES string of the molecule is Cn1cc(-c2cccc(NN)c2)cn1. The highest BCUT2D eigenvalue weighted by molar-refractivity contribution is 5.66. The molecule has 1 aromatic heterocycles. The third-order valence-electron chi connectivity index (χ3n) is 2.07. The standard InChI is InChI=1S/C10H12N4/c1-14-7-9(6-12-14)8-3-2-4-10(5-8)13-11/h2-7,13H,11H2,1H3. The molecule has 2 rings (SSSR count). The van der Waals surface area contributed by atoms with Gasteiger partial charge in [-0.05, 0) is 17.7 Å². The van der Waals surface area contributed by atoms with Crippen LogP contribution >= 0.6 is 0 Å². The lowest BCUT2D eigenvalue weighted by Crippen LogP contribution is -2.06. The topological polar surface area (TPSA) is 55.9 Å². The Kier molecular flexibility index (Phi) is 2.20. The van der Waals surface area contributed by atoms with E-state index in [0.29, 0.717) is 0 Å².